The Morgan fingerprint density at radius 1 is 1.50 bits per heavy atom. The first-order valence-corrected chi connectivity index (χ1v) is 7.04. The Morgan fingerprint density at radius 3 is 2.83 bits per heavy atom. The number of rotatable bonds is 6. The van der Waals surface area contributed by atoms with Gasteiger partial charge in [0.05, 0.1) is 0 Å². The maximum absolute atomic E-state index is 12.1. The monoisotopic (exact) mass is 312 g/mol. The van der Waals surface area contributed by atoms with Crippen molar-refractivity contribution in [2.45, 2.75) is 20.4 Å². The van der Waals surface area contributed by atoms with Gasteiger partial charge in [-0.15, -0.1) is 0 Å². The SMILES string of the molecule is CCNCC(C)C(=O)N(C)Cc1cccc(Br)c1. The molecule has 0 bridgehead atoms. The molecule has 0 aliphatic carbocycles. The van der Waals surface area contributed by atoms with Crippen LogP contribution in [0.2, 0.25) is 0 Å². The van der Waals surface area contributed by atoms with Crippen LogP contribution in [0.3, 0.4) is 0 Å². The molecule has 0 fully saturated rings. The van der Waals surface area contributed by atoms with Crippen LogP contribution in [-0.4, -0.2) is 30.9 Å². The van der Waals surface area contributed by atoms with Crippen LogP contribution in [0, 0.1) is 5.92 Å². The summed E-state index contributed by atoms with van der Waals surface area (Å²) in [4.78, 5) is 13.9. The Labute approximate surface area is 118 Å². The first-order valence-electron chi connectivity index (χ1n) is 6.24. The van der Waals surface area contributed by atoms with Gasteiger partial charge in [0.15, 0.2) is 0 Å². The van der Waals surface area contributed by atoms with Crippen molar-refractivity contribution in [3.8, 4) is 0 Å². The van der Waals surface area contributed by atoms with Gasteiger partial charge >= 0.3 is 0 Å². The fourth-order valence-corrected chi connectivity index (χ4v) is 2.26. The van der Waals surface area contributed by atoms with Crippen LogP contribution in [0.5, 0.6) is 0 Å². The fourth-order valence-electron chi connectivity index (χ4n) is 1.81. The van der Waals surface area contributed by atoms with Crippen molar-refractivity contribution < 1.29 is 4.79 Å². The molecule has 1 aromatic rings. The molecule has 100 valence electrons. The van der Waals surface area contributed by atoms with Gasteiger partial charge < -0.3 is 10.2 Å². The number of nitrogens with one attached hydrogen (secondary N) is 1. The second-order valence-electron chi connectivity index (χ2n) is 4.53. The number of nitrogens with zero attached hydrogens (tertiary/aromatic N) is 1. The van der Waals surface area contributed by atoms with Gasteiger partial charge in [-0.2, -0.15) is 0 Å². The molecule has 0 spiro atoms. The third-order valence-corrected chi connectivity index (χ3v) is 3.30. The van der Waals surface area contributed by atoms with Gasteiger partial charge in [-0.25, -0.2) is 0 Å². The van der Waals surface area contributed by atoms with E-state index in [2.05, 4.69) is 21.2 Å². The van der Waals surface area contributed by atoms with E-state index in [0.717, 1.165) is 23.1 Å². The van der Waals surface area contributed by atoms with Gasteiger partial charge in [-0.05, 0) is 24.2 Å². The second-order valence-corrected chi connectivity index (χ2v) is 5.45. The van der Waals surface area contributed by atoms with Crippen LogP contribution in [0.1, 0.15) is 19.4 Å². The Kier molecular flexibility index (Phi) is 6.36. The van der Waals surface area contributed by atoms with E-state index >= 15 is 0 Å². The molecule has 0 saturated carbocycles. The molecule has 0 aliphatic rings. The van der Waals surface area contributed by atoms with Crippen LogP contribution in [0.25, 0.3) is 0 Å². The molecule has 1 amide bonds. The highest BCUT2D eigenvalue weighted by Crippen LogP contribution is 2.13. The summed E-state index contributed by atoms with van der Waals surface area (Å²) < 4.78 is 1.04. The Hall–Kier alpha value is -0.870. The van der Waals surface area contributed by atoms with Crippen LogP contribution < -0.4 is 5.32 Å². The molecule has 1 N–H and O–H groups in total. The average molecular weight is 313 g/mol. The summed E-state index contributed by atoms with van der Waals surface area (Å²) in [6.45, 7) is 6.28. The minimum atomic E-state index is 0.0158. The standard InChI is InChI=1S/C14H21BrN2O/c1-4-16-9-11(2)14(18)17(3)10-12-6-5-7-13(15)8-12/h5-8,11,16H,4,9-10H2,1-3H3. The highest BCUT2D eigenvalue weighted by atomic mass is 79.9. The van der Waals surface area contributed by atoms with Crippen molar-refractivity contribution in [1.29, 1.82) is 0 Å². The molecule has 0 radical (unpaired) electrons. The van der Waals surface area contributed by atoms with Crippen molar-refractivity contribution in [3.63, 3.8) is 0 Å². The van der Waals surface area contributed by atoms with Crippen LogP contribution in [0.4, 0.5) is 0 Å². The zero-order valence-electron chi connectivity index (χ0n) is 11.2. The maximum Gasteiger partial charge on any atom is 0.226 e. The molecule has 3 nitrogen and oxygen atoms in total. The molecule has 1 rings (SSSR count). The Balaban J connectivity index is 2.54. The van der Waals surface area contributed by atoms with Crippen molar-refractivity contribution >= 4 is 21.8 Å². The summed E-state index contributed by atoms with van der Waals surface area (Å²) >= 11 is 3.44. The third kappa shape index (κ3) is 4.78. The predicted octanol–water partition coefficient (Wildman–Crippen LogP) is 2.65. The van der Waals surface area contributed by atoms with Crippen molar-refractivity contribution in [1.82, 2.24) is 10.2 Å². The molecule has 1 unspecified atom stereocenters. The fraction of sp³-hybridized carbons (Fsp3) is 0.500. The molecule has 1 atom stereocenters. The van der Waals surface area contributed by atoms with E-state index in [1.165, 1.54) is 0 Å². The second kappa shape index (κ2) is 7.54. The molecular weight excluding hydrogens is 292 g/mol. The highest BCUT2D eigenvalue weighted by Gasteiger charge is 2.16. The summed E-state index contributed by atoms with van der Waals surface area (Å²) in [6, 6.07) is 8.04. The van der Waals surface area contributed by atoms with Crippen molar-refractivity contribution in [3.05, 3.63) is 34.3 Å². The molecule has 0 saturated heterocycles. The van der Waals surface area contributed by atoms with E-state index in [-0.39, 0.29) is 11.8 Å². The van der Waals surface area contributed by atoms with Crippen LogP contribution in [0.15, 0.2) is 28.7 Å². The minimum absolute atomic E-state index is 0.0158. The van der Waals surface area contributed by atoms with Crippen molar-refractivity contribution in [2.75, 3.05) is 20.1 Å². The third-order valence-electron chi connectivity index (χ3n) is 2.81. The van der Waals surface area contributed by atoms with Gasteiger partial charge in [-0.3, -0.25) is 4.79 Å². The van der Waals surface area contributed by atoms with Gasteiger partial charge in [0.25, 0.3) is 0 Å². The van der Waals surface area contributed by atoms with E-state index in [9.17, 15) is 4.79 Å². The lowest BCUT2D eigenvalue weighted by molar-refractivity contribution is -0.134. The number of carbonyl (C=O) groups excluding carboxylic acids is 1. The molecule has 0 aromatic heterocycles. The lowest BCUT2D eigenvalue weighted by Crippen LogP contribution is -2.36. The Morgan fingerprint density at radius 2 is 2.22 bits per heavy atom. The van der Waals surface area contributed by atoms with E-state index in [4.69, 9.17) is 0 Å². The van der Waals surface area contributed by atoms with Gasteiger partial charge in [-0.1, -0.05) is 41.9 Å². The summed E-state index contributed by atoms with van der Waals surface area (Å²) in [7, 11) is 1.85. The normalized spacial score (nSPS) is 12.2. The zero-order chi connectivity index (χ0) is 13.5. The lowest BCUT2D eigenvalue weighted by atomic mass is 10.1. The number of halogens is 1. The number of amides is 1. The summed E-state index contributed by atoms with van der Waals surface area (Å²) in [5.74, 6) is 0.193. The summed E-state index contributed by atoms with van der Waals surface area (Å²) in [5.41, 5.74) is 1.14. The first-order chi connectivity index (χ1) is 8.54. The smallest absolute Gasteiger partial charge is 0.226 e. The van der Waals surface area contributed by atoms with Crippen molar-refractivity contribution in [2.24, 2.45) is 5.92 Å². The summed E-state index contributed by atoms with van der Waals surface area (Å²) in [5, 5.41) is 3.20. The maximum atomic E-state index is 12.1. The quantitative estimate of drug-likeness (QED) is 0.876. The zero-order valence-corrected chi connectivity index (χ0v) is 12.8. The number of hydrogen-bond acceptors (Lipinski definition) is 2. The van der Waals surface area contributed by atoms with E-state index in [0.29, 0.717) is 6.54 Å². The number of carbonyl (C=O) groups is 1. The number of hydrogen-bond donors (Lipinski definition) is 1. The highest BCUT2D eigenvalue weighted by molar-refractivity contribution is 9.10. The summed E-state index contributed by atoms with van der Waals surface area (Å²) in [6.07, 6.45) is 0. The van der Waals surface area contributed by atoms with E-state index in [1.54, 1.807) is 4.90 Å². The molecular formula is C14H21BrN2O. The van der Waals surface area contributed by atoms with Gasteiger partial charge in [0.1, 0.15) is 0 Å². The minimum Gasteiger partial charge on any atom is -0.341 e. The molecule has 18 heavy (non-hydrogen) atoms. The number of benzene rings is 1. The lowest BCUT2D eigenvalue weighted by Gasteiger charge is -2.21. The Bertz CT molecular complexity index is 395. The molecule has 1 aromatic carbocycles. The molecule has 4 heteroatoms. The average Bonchev–Trinajstić information content (AvgIpc) is 2.35. The topological polar surface area (TPSA) is 32.3 Å². The molecule has 0 heterocycles. The van der Waals surface area contributed by atoms with Crippen LogP contribution >= 0.6 is 15.9 Å². The largest absolute Gasteiger partial charge is 0.341 e. The molecule has 0 aliphatic heterocycles. The van der Waals surface area contributed by atoms with Crippen LogP contribution in [-0.2, 0) is 11.3 Å². The first kappa shape index (κ1) is 15.2. The van der Waals surface area contributed by atoms with E-state index in [1.807, 2.05) is 45.2 Å². The van der Waals surface area contributed by atoms with Gasteiger partial charge in [0.2, 0.25) is 5.91 Å². The van der Waals surface area contributed by atoms with Gasteiger partial charge in [0, 0.05) is 30.5 Å². The predicted molar refractivity (Wildman–Crippen MR) is 78.3 cm³/mol. The van der Waals surface area contributed by atoms with E-state index < -0.39 is 0 Å².